The highest BCUT2D eigenvalue weighted by Gasteiger charge is 2.05. The maximum atomic E-state index is 11.6. The molecule has 5 nitrogen and oxygen atoms in total. The van der Waals surface area contributed by atoms with Crippen LogP contribution in [0.15, 0.2) is 18.2 Å². The molecule has 1 aromatic rings. The van der Waals surface area contributed by atoms with Crippen LogP contribution in [0.3, 0.4) is 0 Å². The smallest absolute Gasteiger partial charge is 0.224 e. The molecule has 1 rings (SSSR count). The van der Waals surface area contributed by atoms with E-state index in [4.69, 9.17) is 15.2 Å². The van der Waals surface area contributed by atoms with Gasteiger partial charge in [-0.1, -0.05) is 0 Å². The normalized spacial score (nSPS) is 9.75. The van der Waals surface area contributed by atoms with E-state index in [0.29, 0.717) is 32.6 Å². The van der Waals surface area contributed by atoms with E-state index in [-0.39, 0.29) is 18.3 Å². The lowest BCUT2D eigenvalue weighted by Crippen LogP contribution is -2.14. The van der Waals surface area contributed by atoms with Gasteiger partial charge in [-0.3, -0.25) is 4.79 Å². The summed E-state index contributed by atoms with van der Waals surface area (Å²) in [6.07, 6.45) is 1.14. The summed E-state index contributed by atoms with van der Waals surface area (Å²) in [6.45, 7) is 3.52. The van der Waals surface area contributed by atoms with E-state index in [0.717, 1.165) is 17.0 Å². The van der Waals surface area contributed by atoms with Crippen LogP contribution in [0.2, 0.25) is 0 Å². The van der Waals surface area contributed by atoms with E-state index in [1.54, 1.807) is 7.11 Å². The number of carbonyl (C=O) groups excluding carboxylic acids is 1. The summed E-state index contributed by atoms with van der Waals surface area (Å²) >= 11 is 0. The fraction of sp³-hybridized carbons (Fsp3) is 0.500. The van der Waals surface area contributed by atoms with E-state index in [9.17, 15) is 4.79 Å². The number of hydrogen-bond donors (Lipinski definition) is 2. The third kappa shape index (κ3) is 6.75. The summed E-state index contributed by atoms with van der Waals surface area (Å²) in [7, 11) is 1.63. The number of nitrogens with two attached hydrogens (primary N) is 1. The molecule has 1 amide bonds. The van der Waals surface area contributed by atoms with E-state index < -0.39 is 0 Å². The van der Waals surface area contributed by atoms with Crippen molar-refractivity contribution >= 4 is 24.0 Å². The molecule has 0 bridgehead atoms. The van der Waals surface area contributed by atoms with Crippen LogP contribution < -0.4 is 15.8 Å². The first-order chi connectivity index (χ1) is 9.17. The van der Waals surface area contributed by atoms with Gasteiger partial charge in [-0.25, -0.2) is 0 Å². The Morgan fingerprint density at radius 3 is 2.70 bits per heavy atom. The predicted molar refractivity (Wildman–Crippen MR) is 82.7 cm³/mol. The molecular weight excluding hydrogens is 280 g/mol. The zero-order valence-electron chi connectivity index (χ0n) is 12.0. The van der Waals surface area contributed by atoms with Crippen molar-refractivity contribution in [2.24, 2.45) is 5.73 Å². The Hall–Kier alpha value is -1.30. The average molecular weight is 303 g/mol. The number of amides is 1. The molecule has 0 saturated heterocycles. The molecule has 0 atom stereocenters. The van der Waals surface area contributed by atoms with Crippen LogP contribution in [0.25, 0.3) is 0 Å². The van der Waals surface area contributed by atoms with Crippen LogP contribution in [0.4, 0.5) is 5.69 Å². The van der Waals surface area contributed by atoms with E-state index in [1.165, 1.54) is 0 Å². The van der Waals surface area contributed by atoms with Crippen molar-refractivity contribution in [1.82, 2.24) is 0 Å². The lowest BCUT2D eigenvalue weighted by Gasteiger charge is -2.11. The summed E-state index contributed by atoms with van der Waals surface area (Å²) in [5.74, 6) is 0.760. The molecule has 3 N–H and O–H groups in total. The molecule has 0 saturated carbocycles. The molecule has 6 heteroatoms. The molecule has 20 heavy (non-hydrogen) atoms. The van der Waals surface area contributed by atoms with Crippen molar-refractivity contribution in [3.8, 4) is 5.75 Å². The first-order valence-corrected chi connectivity index (χ1v) is 6.39. The molecule has 0 heterocycles. The predicted octanol–water partition coefficient (Wildman–Crippen LogP) is 2.12. The van der Waals surface area contributed by atoms with Crippen molar-refractivity contribution < 1.29 is 14.3 Å². The molecule has 0 aromatic heterocycles. The second-order valence-electron chi connectivity index (χ2n) is 4.26. The Morgan fingerprint density at radius 1 is 1.35 bits per heavy atom. The lowest BCUT2D eigenvalue weighted by atomic mass is 10.2. The van der Waals surface area contributed by atoms with Gasteiger partial charge in [0.1, 0.15) is 12.4 Å². The Balaban J connectivity index is 0.00000361. The average Bonchev–Trinajstić information content (AvgIpc) is 2.40. The molecule has 0 aliphatic heterocycles. The van der Waals surface area contributed by atoms with Crippen molar-refractivity contribution in [3.63, 3.8) is 0 Å². The number of hydrogen-bond acceptors (Lipinski definition) is 4. The van der Waals surface area contributed by atoms with Gasteiger partial charge < -0.3 is 20.5 Å². The third-order valence-electron chi connectivity index (χ3n) is 2.64. The highest BCUT2D eigenvalue weighted by molar-refractivity contribution is 5.91. The number of rotatable bonds is 8. The number of aryl methyl sites for hydroxylation is 1. The molecule has 0 fully saturated rings. The summed E-state index contributed by atoms with van der Waals surface area (Å²) < 4.78 is 10.4. The zero-order chi connectivity index (χ0) is 14.1. The Kier molecular flexibility index (Phi) is 9.80. The Labute approximate surface area is 126 Å². The minimum atomic E-state index is -0.0124. The number of anilines is 1. The standard InChI is InChI=1S/C14H22N2O3.ClH/c1-11-10-12(19-9-8-18-2)5-6-13(11)16-14(17)4-3-7-15;/h5-6,10H,3-4,7-9,15H2,1-2H3,(H,16,17);1H. The van der Waals surface area contributed by atoms with Crippen LogP contribution in [-0.2, 0) is 9.53 Å². The summed E-state index contributed by atoms with van der Waals surface area (Å²) in [5, 5.41) is 2.86. The summed E-state index contributed by atoms with van der Waals surface area (Å²) in [6, 6.07) is 5.58. The molecule has 0 radical (unpaired) electrons. The number of nitrogens with one attached hydrogen (secondary N) is 1. The van der Waals surface area contributed by atoms with Crippen LogP contribution in [0, 0.1) is 6.92 Å². The number of carbonyl (C=O) groups is 1. The Bertz CT molecular complexity index is 413. The highest BCUT2D eigenvalue weighted by atomic mass is 35.5. The van der Waals surface area contributed by atoms with Gasteiger partial charge >= 0.3 is 0 Å². The SMILES string of the molecule is COCCOc1ccc(NC(=O)CCCN)c(C)c1.Cl. The van der Waals surface area contributed by atoms with Crippen molar-refractivity contribution in [1.29, 1.82) is 0 Å². The van der Waals surface area contributed by atoms with Crippen LogP contribution in [0.5, 0.6) is 5.75 Å². The van der Waals surface area contributed by atoms with Gasteiger partial charge in [-0.15, -0.1) is 12.4 Å². The van der Waals surface area contributed by atoms with Gasteiger partial charge in [-0.05, 0) is 43.7 Å². The molecule has 114 valence electrons. The zero-order valence-corrected chi connectivity index (χ0v) is 12.8. The molecule has 0 unspecified atom stereocenters. The minimum absolute atomic E-state index is 0. The van der Waals surface area contributed by atoms with Gasteiger partial charge in [0.05, 0.1) is 6.61 Å². The number of halogens is 1. The second-order valence-corrected chi connectivity index (χ2v) is 4.26. The third-order valence-corrected chi connectivity index (χ3v) is 2.64. The van der Waals surface area contributed by atoms with E-state index in [2.05, 4.69) is 5.32 Å². The van der Waals surface area contributed by atoms with Crippen molar-refractivity contribution in [2.75, 3.05) is 32.2 Å². The first-order valence-electron chi connectivity index (χ1n) is 6.39. The van der Waals surface area contributed by atoms with Crippen LogP contribution in [-0.4, -0.2) is 32.8 Å². The van der Waals surface area contributed by atoms with Gasteiger partial charge in [0.25, 0.3) is 0 Å². The number of ether oxygens (including phenoxy) is 2. The minimum Gasteiger partial charge on any atom is -0.491 e. The maximum Gasteiger partial charge on any atom is 0.224 e. The molecule has 0 aliphatic rings. The number of methoxy groups -OCH3 is 1. The fourth-order valence-corrected chi connectivity index (χ4v) is 1.58. The van der Waals surface area contributed by atoms with Gasteiger partial charge in [-0.2, -0.15) is 0 Å². The quantitative estimate of drug-likeness (QED) is 0.721. The van der Waals surface area contributed by atoms with Crippen LogP contribution >= 0.6 is 12.4 Å². The second kappa shape index (κ2) is 10.5. The molecular formula is C14H23ClN2O3. The Morgan fingerprint density at radius 2 is 2.10 bits per heavy atom. The summed E-state index contributed by atoms with van der Waals surface area (Å²) in [5.41, 5.74) is 7.15. The van der Waals surface area contributed by atoms with E-state index in [1.807, 2.05) is 25.1 Å². The van der Waals surface area contributed by atoms with Crippen molar-refractivity contribution in [3.05, 3.63) is 23.8 Å². The topological polar surface area (TPSA) is 73.6 Å². The van der Waals surface area contributed by atoms with Gasteiger partial charge in [0.2, 0.25) is 5.91 Å². The molecule has 0 spiro atoms. The lowest BCUT2D eigenvalue weighted by molar-refractivity contribution is -0.116. The number of benzene rings is 1. The van der Waals surface area contributed by atoms with E-state index >= 15 is 0 Å². The van der Waals surface area contributed by atoms with Crippen molar-refractivity contribution in [2.45, 2.75) is 19.8 Å². The monoisotopic (exact) mass is 302 g/mol. The van der Waals surface area contributed by atoms with Gasteiger partial charge in [0, 0.05) is 19.2 Å². The molecule has 0 aliphatic carbocycles. The fourth-order valence-electron chi connectivity index (χ4n) is 1.58. The molecule has 1 aromatic carbocycles. The van der Waals surface area contributed by atoms with Crippen LogP contribution in [0.1, 0.15) is 18.4 Å². The summed E-state index contributed by atoms with van der Waals surface area (Å²) in [4.78, 5) is 11.6. The highest BCUT2D eigenvalue weighted by Crippen LogP contribution is 2.21. The largest absolute Gasteiger partial charge is 0.491 e. The maximum absolute atomic E-state index is 11.6. The van der Waals surface area contributed by atoms with Gasteiger partial charge in [0.15, 0.2) is 0 Å². The first kappa shape index (κ1) is 18.7.